The van der Waals surface area contributed by atoms with Crippen LogP contribution in [0, 0.1) is 0 Å². The average Bonchev–Trinajstić information content (AvgIpc) is 3.19. The Morgan fingerprint density at radius 1 is 0.967 bits per heavy atom. The van der Waals surface area contributed by atoms with Crippen molar-refractivity contribution in [1.82, 2.24) is 9.78 Å². The molecule has 148 valence electrons. The number of hydrogen-bond acceptors (Lipinski definition) is 3. The Kier molecular flexibility index (Phi) is 4.56. The van der Waals surface area contributed by atoms with Crippen molar-refractivity contribution >= 4 is 11.7 Å². The molecule has 2 heterocycles. The van der Waals surface area contributed by atoms with Crippen LogP contribution in [-0.4, -0.2) is 22.8 Å². The molecule has 1 N–H and O–H groups in total. The number of carbonyl (C=O) groups excluding carboxylic acids is 1. The van der Waals surface area contributed by atoms with Crippen LogP contribution in [0.15, 0.2) is 84.9 Å². The molecule has 1 aromatic heterocycles. The van der Waals surface area contributed by atoms with Gasteiger partial charge < -0.3 is 10.1 Å². The van der Waals surface area contributed by atoms with Gasteiger partial charge in [0.1, 0.15) is 11.6 Å². The lowest BCUT2D eigenvalue weighted by Gasteiger charge is -2.25. The number of para-hydroxylation sites is 1. The van der Waals surface area contributed by atoms with Gasteiger partial charge in [-0.2, -0.15) is 5.10 Å². The SMILES string of the molecule is COc1cccc([C@H]2CC(=O)Nc3c2c(-c2ccccc2)nn3-c2ccccc2)c1. The summed E-state index contributed by atoms with van der Waals surface area (Å²) in [7, 11) is 1.65. The first-order valence-electron chi connectivity index (χ1n) is 9.92. The third kappa shape index (κ3) is 3.14. The summed E-state index contributed by atoms with van der Waals surface area (Å²) < 4.78 is 7.26. The van der Waals surface area contributed by atoms with Crippen molar-refractivity contribution in [2.75, 3.05) is 12.4 Å². The van der Waals surface area contributed by atoms with E-state index in [2.05, 4.69) is 17.4 Å². The van der Waals surface area contributed by atoms with Gasteiger partial charge in [-0.25, -0.2) is 4.68 Å². The maximum Gasteiger partial charge on any atom is 0.226 e. The predicted octanol–water partition coefficient (Wildman–Crippen LogP) is 5.02. The lowest BCUT2D eigenvalue weighted by atomic mass is 9.84. The average molecular weight is 395 g/mol. The number of ether oxygens (including phenoxy) is 1. The topological polar surface area (TPSA) is 56.1 Å². The smallest absolute Gasteiger partial charge is 0.226 e. The number of anilines is 1. The Balaban J connectivity index is 1.76. The van der Waals surface area contributed by atoms with E-state index in [0.29, 0.717) is 6.42 Å². The van der Waals surface area contributed by atoms with Crippen molar-refractivity contribution in [2.45, 2.75) is 12.3 Å². The Morgan fingerprint density at radius 3 is 2.43 bits per heavy atom. The molecule has 0 bridgehead atoms. The summed E-state index contributed by atoms with van der Waals surface area (Å²) in [6, 6.07) is 27.9. The molecule has 0 saturated heterocycles. The minimum absolute atomic E-state index is 0.0213. The van der Waals surface area contributed by atoms with Gasteiger partial charge in [-0.3, -0.25) is 4.79 Å². The van der Waals surface area contributed by atoms with E-state index in [1.54, 1.807) is 7.11 Å². The quantitative estimate of drug-likeness (QED) is 0.528. The van der Waals surface area contributed by atoms with E-state index in [1.165, 1.54) is 0 Å². The van der Waals surface area contributed by atoms with Crippen LogP contribution in [-0.2, 0) is 4.79 Å². The summed E-state index contributed by atoms with van der Waals surface area (Å²) in [4.78, 5) is 12.7. The third-order valence-electron chi connectivity index (χ3n) is 5.46. The Hall–Kier alpha value is -3.86. The van der Waals surface area contributed by atoms with Crippen LogP contribution in [0.5, 0.6) is 5.75 Å². The van der Waals surface area contributed by atoms with E-state index in [4.69, 9.17) is 9.84 Å². The molecule has 0 spiro atoms. The van der Waals surface area contributed by atoms with Crippen LogP contribution in [0.3, 0.4) is 0 Å². The summed E-state index contributed by atoms with van der Waals surface area (Å²) in [5.41, 5.74) is 4.87. The first-order chi connectivity index (χ1) is 14.7. The number of nitrogens with one attached hydrogen (secondary N) is 1. The van der Waals surface area contributed by atoms with E-state index in [9.17, 15) is 4.79 Å². The maximum atomic E-state index is 12.7. The van der Waals surface area contributed by atoms with E-state index < -0.39 is 0 Å². The Labute approximate surface area is 174 Å². The van der Waals surface area contributed by atoms with Crippen molar-refractivity contribution in [1.29, 1.82) is 0 Å². The first-order valence-corrected chi connectivity index (χ1v) is 9.92. The van der Waals surface area contributed by atoms with Gasteiger partial charge >= 0.3 is 0 Å². The highest BCUT2D eigenvalue weighted by Gasteiger charge is 2.34. The highest BCUT2D eigenvalue weighted by Crippen LogP contribution is 2.44. The monoisotopic (exact) mass is 395 g/mol. The lowest BCUT2D eigenvalue weighted by Crippen LogP contribution is -2.24. The molecule has 4 aromatic rings. The second-order valence-electron chi connectivity index (χ2n) is 7.31. The van der Waals surface area contributed by atoms with E-state index in [0.717, 1.165) is 39.6 Å². The molecule has 0 fully saturated rings. The normalized spacial score (nSPS) is 15.4. The maximum absolute atomic E-state index is 12.7. The number of fused-ring (bicyclic) bond motifs is 1. The Bertz CT molecular complexity index is 1200. The van der Waals surface area contributed by atoms with Gasteiger partial charge in [-0.05, 0) is 29.8 Å². The molecule has 0 saturated carbocycles. The van der Waals surface area contributed by atoms with Crippen molar-refractivity contribution < 1.29 is 9.53 Å². The fraction of sp³-hybridized carbons (Fsp3) is 0.120. The van der Waals surface area contributed by atoms with Crippen molar-refractivity contribution in [3.63, 3.8) is 0 Å². The molecule has 1 aliphatic heterocycles. The lowest BCUT2D eigenvalue weighted by molar-refractivity contribution is -0.116. The van der Waals surface area contributed by atoms with Gasteiger partial charge in [0.2, 0.25) is 5.91 Å². The molecule has 1 aliphatic rings. The molecule has 1 atom stereocenters. The summed E-state index contributed by atoms with van der Waals surface area (Å²) in [5, 5.41) is 8.03. The zero-order valence-corrected chi connectivity index (χ0v) is 16.6. The highest BCUT2D eigenvalue weighted by molar-refractivity contribution is 5.96. The fourth-order valence-electron chi connectivity index (χ4n) is 4.06. The molecule has 5 rings (SSSR count). The summed E-state index contributed by atoms with van der Waals surface area (Å²) in [6.07, 6.45) is 0.362. The number of carbonyl (C=O) groups is 1. The summed E-state index contributed by atoms with van der Waals surface area (Å²) in [5.74, 6) is 1.37. The number of methoxy groups -OCH3 is 1. The van der Waals surface area contributed by atoms with Gasteiger partial charge in [0.15, 0.2) is 0 Å². The fourth-order valence-corrected chi connectivity index (χ4v) is 4.06. The number of rotatable bonds is 4. The van der Waals surface area contributed by atoms with Gasteiger partial charge in [0.05, 0.1) is 18.5 Å². The molecule has 0 unspecified atom stereocenters. The highest BCUT2D eigenvalue weighted by atomic mass is 16.5. The molecule has 30 heavy (non-hydrogen) atoms. The van der Waals surface area contributed by atoms with Crippen molar-refractivity contribution in [3.8, 4) is 22.7 Å². The van der Waals surface area contributed by atoms with Gasteiger partial charge in [-0.15, -0.1) is 0 Å². The summed E-state index contributed by atoms with van der Waals surface area (Å²) in [6.45, 7) is 0. The molecule has 0 radical (unpaired) electrons. The second-order valence-corrected chi connectivity index (χ2v) is 7.31. The van der Waals surface area contributed by atoms with Gasteiger partial charge in [-0.1, -0.05) is 60.7 Å². The van der Waals surface area contributed by atoms with Gasteiger partial charge in [0.25, 0.3) is 0 Å². The van der Waals surface area contributed by atoms with Crippen LogP contribution < -0.4 is 10.1 Å². The van der Waals surface area contributed by atoms with Crippen LogP contribution in [0.4, 0.5) is 5.82 Å². The van der Waals surface area contributed by atoms with E-state index in [-0.39, 0.29) is 11.8 Å². The van der Waals surface area contributed by atoms with Crippen molar-refractivity contribution in [3.05, 3.63) is 96.1 Å². The standard InChI is InChI=1S/C25H21N3O2/c1-30-20-14-8-11-18(15-20)21-16-22(29)26-25-23(21)24(17-9-4-2-5-10-17)27-28(25)19-12-6-3-7-13-19/h2-15,21H,16H2,1H3,(H,26,29)/t21-/m1/s1. The van der Waals surface area contributed by atoms with E-state index >= 15 is 0 Å². The number of nitrogens with zero attached hydrogens (tertiary/aromatic N) is 2. The van der Waals surface area contributed by atoms with Crippen LogP contribution in [0.2, 0.25) is 0 Å². The second kappa shape index (κ2) is 7.52. The molecule has 3 aromatic carbocycles. The third-order valence-corrected chi connectivity index (χ3v) is 5.46. The molecule has 5 heteroatoms. The largest absolute Gasteiger partial charge is 0.497 e. The van der Waals surface area contributed by atoms with Gasteiger partial charge in [0, 0.05) is 23.5 Å². The predicted molar refractivity (Wildman–Crippen MR) is 117 cm³/mol. The van der Waals surface area contributed by atoms with Crippen LogP contribution in [0.1, 0.15) is 23.5 Å². The van der Waals surface area contributed by atoms with Crippen LogP contribution in [0.25, 0.3) is 16.9 Å². The van der Waals surface area contributed by atoms with Crippen molar-refractivity contribution in [2.24, 2.45) is 0 Å². The number of aromatic nitrogens is 2. The molecule has 0 aliphatic carbocycles. The number of amides is 1. The minimum Gasteiger partial charge on any atom is -0.497 e. The van der Waals surface area contributed by atoms with E-state index in [1.807, 2.05) is 77.5 Å². The zero-order chi connectivity index (χ0) is 20.5. The molecule has 5 nitrogen and oxygen atoms in total. The molecular weight excluding hydrogens is 374 g/mol. The number of benzene rings is 3. The molecular formula is C25H21N3O2. The molecule has 1 amide bonds. The number of hydrogen-bond donors (Lipinski definition) is 1. The van der Waals surface area contributed by atoms with Crippen LogP contribution >= 0.6 is 0 Å². The first kappa shape index (κ1) is 18.2. The Morgan fingerprint density at radius 2 is 1.70 bits per heavy atom. The zero-order valence-electron chi connectivity index (χ0n) is 16.6. The summed E-state index contributed by atoms with van der Waals surface area (Å²) >= 11 is 0. The minimum atomic E-state index is -0.114.